The van der Waals surface area contributed by atoms with Crippen LogP contribution in [0.5, 0.6) is 0 Å². The monoisotopic (exact) mass is 337 g/mol. The van der Waals surface area contributed by atoms with Crippen LogP contribution < -0.4 is 5.32 Å². The summed E-state index contributed by atoms with van der Waals surface area (Å²) in [6.07, 6.45) is 8.05. The Labute approximate surface area is 142 Å². The smallest absolute Gasteiger partial charge is 0.251 e. The van der Waals surface area contributed by atoms with Crippen molar-refractivity contribution in [3.05, 3.63) is 66.5 Å². The van der Waals surface area contributed by atoms with E-state index in [1.54, 1.807) is 23.9 Å². The van der Waals surface area contributed by atoms with E-state index in [0.29, 0.717) is 12.1 Å². The number of aromatic amines is 1. The van der Waals surface area contributed by atoms with Crippen molar-refractivity contribution in [1.29, 1.82) is 0 Å². The van der Waals surface area contributed by atoms with Gasteiger partial charge < -0.3 is 14.9 Å². The average molecular weight is 337 g/mol. The van der Waals surface area contributed by atoms with Gasteiger partial charge in [-0.05, 0) is 30.3 Å². The number of carbonyl (C=O) groups excluding carboxylic acids is 1. The number of aromatic nitrogens is 4. The fourth-order valence-electron chi connectivity index (χ4n) is 2.46. The summed E-state index contributed by atoms with van der Waals surface area (Å²) in [5.74, 6) is -0.0765. The van der Waals surface area contributed by atoms with Crippen LogP contribution in [0.15, 0.2) is 55.2 Å². The molecule has 3 aromatic heterocycles. The van der Waals surface area contributed by atoms with E-state index in [-0.39, 0.29) is 5.91 Å². The van der Waals surface area contributed by atoms with E-state index in [4.69, 9.17) is 0 Å². The highest BCUT2D eigenvalue weighted by atomic mass is 32.1. The molecule has 0 aliphatic heterocycles. The minimum atomic E-state index is -0.0765. The van der Waals surface area contributed by atoms with Crippen LogP contribution >= 0.6 is 11.3 Å². The van der Waals surface area contributed by atoms with E-state index >= 15 is 0 Å². The molecular weight excluding hydrogens is 322 g/mol. The molecule has 6 nitrogen and oxygen atoms in total. The number of thiazole rings is 1. The fourth-order valence-corrected chi connectivity index (χ4v) is 3.43. The number of imidazole rings is 1. The Morgan fingerprint density at radius 2 is 2.17 bits per heavy atom. The molecule has 0 spiro atoms. The number of hydrogen-bond acceptors (Lipinski definition) is 4. The minimum absolute atomic E-state index is 0.0765. The highest BCUT2D eigenvalue weighted by Gasteiger charge is 2.10. The van der Waals surface area contributed by atoms with Gasteiger partial charge >= 0.3 is 0 Å². The summed E-state index contributed by atoms with van der Waals surface area (Å²) in [5, 5.41) is 3.82. The van der Waals surface area contributed by atoms with Crippen molar-refractivity contribution >= 4 is 27.5 Å². The van der Waals surface area contributed by atoms with Crippen molar-refractivity contribution in [2.75, 3.05) is 6.54 Å². The zero-order valence-corrected chi connectivity index (χ0v) is 13.6. The molecule has 0 fully saturated rings. The molecule has 4 aromatic rings. The topological polar surface area (TPSA) is 75.6 Å². The standard InChI is InChI=1S/C17H15N5OS/c23-16(19-6-5-13-10-18-11-20-13)12-3-4-14-15(9-12)24-17(21-14)22-7-1-2-8-22/h1-4,7-11H,5-6H2,(H,18,20)(H,19,23). The van der Waals surface area contributed by atoms with Gasteiger partial charge in [0.15, 0.2) is 5.13 Å². The SMILES string of the molecule is O=C(NCCc1cnc[nH]1)c1ccc2nc(-n3cccc3)sc2c1. The number of nitrogens with zero attached hydrogens (tertiary/aromatic N) is 3. The molecule has 2 N–H and O–H groups in total. The molecule has 0 aliphatic rings. The first-order valence-electron chi connectivity index (χ1n) is 7.59. The largest absolute Gasteiger partial charge is 0.352 e. The molecule has 1 amide bonds. The number of amides is 1. The molecule has 24 heavy (non-hydrogen) atoms. The predicted octanol–water partition coefficient (Wildman–Crippen LogP) is 2.78. The van der Waals surface area contributed by atoms with Gasteiger partial charge in [0.2, 0.25) is 0 Å². The second-order valence-corrected chi connectivity index (χ2v) is 6.36. The predicted molar refractivity (Wildman–Crippen MR) is 93.6 cm³/mol. The Morgan fingerprint density at radius 1 is 1.29 bits per heavy atom. The maximum Gasteiger partial charge on any atom is 0.251 e. The molecule has 0 bridgehead atoms. The molecule has 120 valence electrons. The molecule has 0 aliphatic carbocycles. The van der Waals surface area contributed by atoms with Crippen LogP contribution in [0.25, 0.3) is 15.3 Å². The van der Waals surface area contributed by atoms with Crippen LogP contribution in [-0.4, -0.2) is 32.0 Å². The third-order valence-electron chi connectivity index (χ3n) is 3.70. The number of benzene rings is 1. The maximum absolute atomic E-state index is 12.3. The Kier molecular flexibility index (Phi) is 3.84. The zero-order valence-electron chi connectivity index (χ0n) is 12.8. The Morgan fingerprint density at radius 3 is 2.96 bits per heavy atom. The number of nitrogens with one attached hydrogen (secondary N) is 2. The first-order chi connectivity index (χ1) is 11.8. The lowest BCUT2D eigenvalue weighted by atomic mass is 10.2. The third-order valence-corrected chi connectivity index (χ3v) is 4.73. The van der Waals surface area contributed by atoms with E-state index in [1.807, 2.05) is 47.3 Å². The van der Waals surface area contributed by atoms with Gasteiger partial charge in [0.1, 0.15) is 0 Å². The fraction of sp³-hybridized carbons (Fsp3) is 0.118. The van der Waals surface area contributed by atoms with Gasteiger partial charge in [-0.15, -0.1) is 0 Å². The Balaban J connectivity index is 1.48. The lowest BCUT2D eigenvalue weighted by molar-refractivity contribution is 0.0954. The van der Waals surface area contributed by atoms with Crippen molar-refractivity contribution < 1.29 is 4.79 Å². The van der Waals surface area contributed by atoms with Crippen LogP contribution in [0.4, 0.5) is 0 Å². The highest BCUT2D eigenvalue weighted by Crippen LogP contribution is 2.25. The lowest BCUT2D eigenvalue weighted by Crippen LogP contribution is -2.25. The van der Waals surface area contributed by atoms with Crippen LogP contribution in [0.3, 0.4) is 0 Å². The van der Waals surface area contributed by atoms with Gasteiger partial charge in [-0.3, -0.25) is 4.79 Å². The molecule has 0 radical (unpaired) electrons. The van der Waals surface area contributed by atoms with Gasteiger partial charge in [0.25, 0.3) is 5.91 Å². The first-order valence-corrected chi connectivity index (χ1v) is 8.40. The Hall–Kier alpha value is -2.93. The van der Waals surface area contributed by atoms with Gasteiger partial charge in [-0.2, -0.15) is 0 Å². The summed E-state index contributed by atoms with van der Waals surface area (Å²) < 4.78 is 2.97. The van der Waals surface area contributed by atoms with Gasteiger partial charge in [-0.1, -0.05) is 11.3 Å². The molecule has 0 saturated carbocycles. The van der Waals surface area contributed by atoms with Crippen molar-refractivity contribution in [2.24, 2.45) is 0 Å². The summed E-state index contributed by atoms with van der Waals surface area (Å²) in [6, 6.07) is 9.52. The van der Waals surface area contributed by atoms with Gasteiger partial charge in [0, 0.05) is 42.8 Å². The van der Waals surface area contributed by atoms with Crippen LogP contribution in [0.1, 0.15) is 16.1 Å². The molecular formula is C17H15N5OS. The molecule has 7 heteroatoms. The second kappa shape index (κ2) is 6.29. The quantitative estimate of drug-likeness (QED) is 0.588. The molecule has 0 unspecified atom stereocenters. The molecule has 4 rings (SSSR count). The summed E-state index contributed by atoms with van der Waals surface area (Å²) >= 11 is 1.57. The second-order valence-electron chi connectivity index (χ2n) is 5.35. The van der Waals surface area contributed by atoms with E-state index in [9.17, 15) is 4.79 Å². The number of fused-ring (bicyclic) bond motifs is 1. The molecule has 0 saturated heterocycles. The minimum Gasteiger partial charge on any atom is -0.352 e. The van der Waals surface area contributed by atoms with Crippen LogP contribution in [0.2, 0.25) is 0 Å². The van der Waals surface area contributed by atoms with E-state index in [0.717, 1.165) is 27.5 Å². The van der Waals surface area contributed by atoms with Crippen molar-refractivity contribution in [2.45, 2.75) is 6.42 Å². The summed E-state index contributed by atoms with van der Waals surface area (Å²) in [6.45, 7) is 0.566. The van der Waals surface area contributed by atoms with Crippen molar-refractivity contribution in [3.63, 3.8) is 0 Å². The number of hydrogen-bond donors (Lipinski definition) is 2. The number of H-pyrrole nitrogens is 1. The van der Waals surface area contributed by atoms with E-state index in [2.05, 4.69) is 20.3 Å². The zero-order chi connectivity index (χ0) is 16.4. The average Bonchev–Trinajstić information content (AvgIpc) is 3.33. The van der Waals surface area contributed by atoms with Crippen molar-refractivity contribution in [1.82, 2.24) is 24.8 Å². The van der Waals surface area contributed by atoms with Crippen molar-refractivity contribution in [3.8, 4) is 5.13 Å². The third kappa shape index (κ3) is 2.93. The number of rotatable bonds is 5. The summed E-state index contributed by atoms with van der Waals surface area (Å²) in [7, 11) is 0. The van der Waals surface area contributed by atoms with Gasteiger partial charge in [0.05, 0.1) is 16.5 Å². The summed E-state index contributed by atoms with van der Waals surface area (Å²) in [5.41, 5.74) is 2.55. The first kappa shape index (κ1) is 14.6. The summed E-state index contributed by atoms with van der Waals surface area (Å²) in [4.78, 5) is 23.9. The molecule has 3 heterocycles. The highest BCUT2D eigenvalue weighted by molar-refractivity contribution is 7.20. The molecule has 0 atom stereocenters. The van der Waals surface area contributed by atoms with Crippen LogP contribution in [0, 0.1) is 0 Å². The van der Waals surface area contributed by atoms with E-state index < -0.39 is 0 Å². The van der Waals surface area contributed by atoms with Gasteiger partial charge in [-0.25, -0.2) is 9.97 Å². The lowest BCUT2D eigenvalue weighted by Gasteiger charge is -2.04. The van der Waals surface area contributed by atoms with Crippen LogP contribution in [-0.2, 0) is 6.42 Å². The van der Waals surface area contributed by atoms with E-state index in [1.165, 1.54) is 0 Å². The Bertz CT molecular complexity index is 956. The number of carbonyl (C=O) groups is 1. The molecule has 1 aromatic carbocycles. The normalized spacial score (nSPS) is 11.0. The maximum atomic E-state index is 12.3.